The molecule has 0 radical (unpaired) electrons. The number of carbonyl (C=O) groups excluding carboxylic acids is 1. The van der Waals surface area contributed by atoms with Crippen LogP contribution in [0.15, 0.2) is 23.1 Å². The molecule has 1 fully saturated rings. The molecule has 0 aromatic heterocycles. The molecule has 1 amide bonds. The van der Waals surface area contributed by atoms with E-state index in [-0.39, 0.29) is 18.4 Å². The van der Waals surface area contributed by atoms with E-state index in [1.54, 1.807) is 4.90 Å². The molecule has 1 aromatic carbocycles. The number of benzene rings is 1. The molecule has 0 saturated carbocycles. The minimum Gasteiger partial charge on any atom is -0.490 e. The third-order valence-electron chi connectivity index (χ3n) is 4.36. The number of aliphatic carboxylic acids is 1. The highest BCUT2D eigenvalue weighted by molar-refractivity contribution is 8.26. The molecule has 0 spiro atoms. The molecular weight excluding hydrogens is 370 g/mol. The van der Waals surface area contributed by atoms with Crippen molar-refractivity contribution in [1.29, 1.82) is 0 Å². The Morgan fingerprint density at radius 3 is 3.00 bits per heavy atom. The largest absolute Gasteiger partial charge is 0.490 e. The van der Waals surface area contributed by atoms with Crippen molar-refractivity contribution in [2.45, 2.75) is 45.1 Å². The SMILES string of the molecule is CC1Cc2cc(/C=C3\SC(=S)N(CCCCCC(=O)O)C3=O)ccc2O1. The summed E-state index contributed by atoms with van der Waals surface area (Å²) < 4.78 is 6.27. The zero-order valence-electron chi connectivity index (χ0n) is 14.6. The van der Waals surface area contributed by atoms with Gasteiger partial charge in [0.15, 0.2) is 0 Å². The lowest BCUT2D eigenvalue weighted by Crippen LogP contribution is -2.29. The fraction of sp³-hybridized carbons (Fsp3) is 0.421. The van der Waals surface area contributed by atoms with Gasteiger partial charge in [0.25, 0.3) is 5.91 Å². The van der Waals surface area contributed by atoms with Crippen LogP contribution < -0.4 is 4.74 Å². The van der Waals surface area contributed by atoms with Crippen LogP contribution in [-0.2, 0) is 16.0 Å². The molecule has 1 unspecified atom stereocenters. The molecule has 1 atom stereocenters. The van der Waals surface area contributed by atoms with Gasteiger partial charge in [0.05, 0.1) is 4.91 Å². The number of fused-ring (bicyclic) bond motifs is 1. The van der Waals surface area contributed by atoms with Gasteiger partial charge in [0, 0.05) is 19.4 Å². The van der Waals surface area contributed by atoms with Gasteiger partial charge in [-0.25, -0.2) is 0 Å². The Balaban J connectivity index is 1.60. The van der Waals surface area contributed by atoms with E-state index in [4.69, 9.17) is 22.1 Å². The third-order valence-corrected chi connectivity index (χ3v) is 5.74. The molecule has 1 aromatic rings. The number of hydrogen-bond donors (Lipinski definition) is 1. The summed E-state index contributed by atoms with van der Waals surface area (Å²) in [5, 5.41) is 8.65. The lowest BCUT2D eigenvalue weighted by atomic mass is 10.1. The predicted molar refractivity (Wildman–Crippen MR) is 106 cm³/mol. The number of carbonyl (C=O) groups is 2. The summed E-state index contributed by atoms with van der Waals surface area (Å²) in [5.74, 6) is 0.0691. The monoisotopic (exact) mass is 391 g/mol. The second kappa shape index (κ2) is 8.22. The van der Waals surface area contributed by atoms with Crippen LogP contribution in [0.5, 0.6) is 5.75 Å². The van der Waals surface area contributed by atoms with Crippen LogP contribution in [0.4, 0.5) is 0 Å². The van der Waals surface area contributed by atoms with E-state index in [0.717, 1.165) is 30.6 Å². The maximum absolute atomic E-state index is 12.6. The Morgan fingerprint density at radius 2 is 2.23 bits per heavy atom. The number of rotatable bonds is 7. The quantitative estimate of drug-likeness (QED) is 0.433. The summed E-state index contributed by atoms with van der Waals surface area (Å²) in [6, 6.07) is 5.97. The van der Waals surface area contributed by atoms with Gasteiger partial charge in [-0.15, -0.1) is 0 Å². The fourth-order valence-corrected chi connectivity index (χ4v) is 4.41. The first-order chi connectivity index (χ1) is 12.4. The van der Waals surface area contributed by atoms with Gasteiger partial charge in [-0.2, -0.15) is 0 Å². The van der Waals surface area contributed by atoms with Gasteiger partial charge >= 0.3 is 5.97 Å². The smallest absolute Gasteiger partial charge is 0.303 e. The molecule has 1 N–H and O–H groups in total. The third kappa shape index (κ3) is 4.45. The Hall–Kier alpha value is -1.86. The lowest BCUT2D eigenvalue weighted by Gasteiger charge is -2.13. The zero-order valence-corrected chi connectivity index (χ0v) is 16.2. The molecule has 138 valence electrons. The summed E-state index contributed by atoms with van der Waals surface area (Å²) in [6.45, 7) is 2.58. The molecule has 0 aliphatic carbocycles. The average Bonchev–Trinajstić information content (AvgIpc) is 3.07. The van der Waals surface area contributed by atoms with Crippen LogP contribution in [-0.4, -0.2) is 38.9 Å². The van der Waals surface area contributed by atoms with E-state index in [1.807, 2.05) is 25.1 Å². The second-order valence-electron chi connectivity index (χ2n) is 6.54. The van der Waals surface area contributed by atoms with Crippen LogP contribution in [0.3, 0.4) is 0 Å². The number of carboxylic acids is 1. The van der Waals surface area contributed by atoms with E-state index in [2.05, 4.69) is 6.07 Å². The molecule has 1 saturated heterocycles. The molecule has 3 rings (SSSR count). The van der Waals surface area contributed by atoms with Gasteiger partial charge in [0.1, 0.15) is 16.2 Å². The molecule has 0 bridgehead atoms. The number of thiocarbonyl (C=S) groups is 1. The second-order valence-corrected chi connectivity index (χ2v) is 8.21. The molecule has 2 heterocycles. The summed E-state index contributed by atoms with van der Waals surface area (Å²) >= 11 is 6.66. The van der Waals surface area contributed by atoms with E-state index in [0.29, 0.717) is 22.2 Å². The highest BCUT2D eigenvalue weighted by atomic mass is 32.2. The van der Waals surface area contributed by atoms with Crippen molar-refractivity contribution < 1.29 is 19.4 Å². The molecule has 26 heavy (non-hydrogen) atoms. The van der Waals surface area contributed by atoms with Crippen LogP contribution in [0, 0.1) is 0 Å². The van der Waals surface area contributed by atoms with Crippen molar-refractivity contribution in [3.05, 3.63) is 34.2 Å². The van der Waals surface area contributed by atoms with Crippen LogP contribution in [0.1, 0.15) is 43.7 Å². The van der Waals surface area contributed by atoms with E-state index in [1.165, 1.54) is 17.3 Å². The first kappa shape index (κ1) is 18.9. The van der Waals surface area contributed by atoms with Crippen molar-refractivity contribution in [2.24, 2.45) is 0 Å². The van der Waals surface area contributed by atoms with Gasteiger partial charge in [-0.05, 0) is 49.1 Å². The topological polar surface area (TPSA) is 66.8 Å². The van der Waals surface area contributed by atoms with Crippen LogP contribution in [0.2, 0.25) is 0 Å². The molecule has 2 aliphatic rings. The Morgan fingerprint density at radius 1 is 1.42 bits per heavy atom. The number of hydrogen-bond acceptors (Lipinski definition) is 5. The van der Waals surface area contributed by atoms with Crippen molar-refractivity contribution in [2.75, 3.05) is 6.54 Å². The normalized spacial score (nSPS) is 20.6. The predicted octanol–water partition coefficient (Wildman–Crippen LogP) is 3.86. The van der Waals surface area contributed by atoms with E-state index >= 15 is 0 Å². The minimum atomic E-state index is -0.785. The van der Waals surface area contributed by atoms with Crippen molar-refractivity contribution in [3.63, 3.8) is 0 Å². The number of unbranched alkanes of at least 4 members (excludes halogenated alkanes) is 2. The highest BCUT2D eigenvalue weighted by Crippen LogP contribution is 2.35. The summed E-state index contributed by atoms with van der Waals surface area (Å²) in [6.07, 6.45) is 5.27. The van der Waals surface area contributed by atoms with Gasteiger partial charge in [-0.3, -0.25) is 14.5 Å². The zero-order chi connectivity index (χ0) is 18.7. The number of amides is 1. The maximum Gasteiger partial charge on any atom is 0.303 e. The number of nitrogens with zero attached hydrogens (tertiary/aromatic N) is 1. The first-order valence-electron chi connectivity index (χ1n) is 8.71. The summed E-state index contributed by atoms with van der Waals surface area (Å²) in [5.41, 5.74) is 2.14. The maximum atomic E-state index is 12.6. The molecular formula is C19H21NO4S2. The average molecular weight is 392 g/mol. The molecule has 2 aliphatic heterocycles. The molecule has 7 heteroatoms. The number of thioether (sulfide) groups is 1. The number of carboxylic acid groups (broad SMARTS) is 1. The lowest BCUT2D eigenvalue weighted by molar-refractivity contribution is -0.137. The van der Waals surface area contributed by atoms with Gasteiger partial charge in [-0.1, -0.05) is 36.5 Å². The summed E-state index contributed by atoms with van der Waals surface area (Å²) in [7, 11) is 0. The Kier molecular flexibility index (Phi) is 5.98. The van der Waals surface area contributed by atoms with E-state index < -0.39 is 5.97 Å². The van der Waals surface area contributed by atoms with E-state index in [9.17, 15) is 9.59 Å². The first-order valence-corrected chi connectivity index (χ1v) is 9.93. The van der Waals surface area contributed by atoms with Crippen LogP contribution >= 0.6 is 24.0 Å². The Labute approximate surface area is 162 Å². The van der Waals surface area contributed by atoms with Gasteiger partial charge < -0.3 is 9.84 Å². The standard InChI is InChI=1S/C19H21NO4S2/c1-12-9-14-10-13(6-7-15(14)24-12)11-16-18(23)20(19(25)26-16)8-4-2-3-5-17(21)22/h6-7,10-12H,2-5,8-9H2,1H3,(H,21,22)/b16-11-. The van der Waals surface area contributed by atoms with Crippen molar-refractivity contribution >= 4 is 46.3 Å². The number of ether oxygens (including phenoxy) is 1. The minimum absolute atomic E-state index is 0.0663. The van der Waals surface area contributed by atoms with Gasteiger partial charge in [0.2, 0.25) is 0 Å². The van der Waals surface area contributed by atoms with Crippen molar-refractivity contribution in [1.82, 2.24) is 4.90 Å². The molecule has 5 nitrogen and oxygen atoms in total. The summed E-state index contributed by atoms with van der Waals surface area (Å²) in [4.78, 5) is 25.4. The highest BCUT2D eigenvalue weighted by Gasteiger charge is 2.31. The Bertz CT molecular complexity index is 775. The van der Waals surface area contributed by atoms with Crippen molar-refractivity contribution in [3.8, 4) is 5.75 Å². The fourth-order valence-electron chi connectivity index (χ4n) is 3.10. The van der Waals surface area contributed by atoms with Crippen LogP contribution in [0.25, 0.3) is 6.08 Å².